The molecular formula is C62H103O11P. The van der Waals surface area contributed by atoms with Gasteiger partial charge < -0.3 is 24.2 Å². The van der Waals surface area contributed by atoms with Gasteiger partial charge in [0.05, 0.1) is 26.2 Å². The number of ether oxygens (including phenoxy) is 3. The minimum atomic E-state index is -4.78. The van der Waals surface area contributed by atoms with Gasteiger partial charge in [-0.3, -0.25) is 23.4 Å². The Kier molecular flexibility index (Phi) is 52.5. The summed E-state index contributed by atoms with van der Waals surface area (Å²) in [6.07, 6.45) is 66.4. The standard InChI is InChI=1S/C62H103O11P/c1-4-7-10-13-16-19-22-25-28-29-32-35-38-41-44-47-50-53-62(66)73-59(55-69-60(64)51-48-45-42-39-36-33-30-26-23-20-17-14-11-8-5-2)57-71-74(67,68)70-56-58(54-63)72-61(65)52-49-46-43-40-37-34-31-27-24-21-18-15-12-9-6-3/h7,9-10,12,16,18-19,21,25-28,30-31,37,40,46,49,58-59,63H,4-6,8,11,13-15,17,20,22-24,29,32-36,38-39,41-45,47-48,50-57H2,1-3H3,(H,67,68)/b10-7-,12-9-,19-16-,21-18-,28-25-,30-26-,31-27-,40-37-,49-46-. The van der Waals surface area contributed by atoms with Crippen LogP contribution in [-0.2, 0) is 42.2 Å². The molecule has 0 bridgehead atoms. The number of phosphoric ester groups is 1. The van der Waals surface area contributed by atoms with E-state index in [0.717, 1.165) is 128 Å². The van der Waals surface area contributed by atoms with Crippen LogP contribution in [0.3, 0.4) is 0 Å². The SMILES string of the molecule is CC/C=C\C/C=C\C/C=C\C/C=C\C/C=C\CC(=O)OC(CO)COP(=O)(O)OCC(COC(=O)CCCCCCC/C=C\CCCCCCCC)OC(=O)CCCCCCCCC/C=C\C/C=C\C/C=C\CC. The zero-order chi connectivity index (χ0) is 54.1. The Balaban J connectivity index is 4.84. The first-order chi connectivity index (χ1) is 36.2. The van der Waals surface area contributed by atoms with Gasteiger partial charge in [0.1, 0.15) is 12.7 Å². The topological polar surface area (TPSA) is 155 Å². The van der Waals surface area contributed by atoms with Crippen LogP contribution >= 0.6 is 7.82 Å². The number of carbonyl (C=O) groups excluding carboxylic acids is 3. The largest absolute Gasteiger partial charge is 0.472 e. The van der Waals surface area contributed by atoms with Crippen molar-refractivity contribution in [3.63, 3.8) is 0 Å². The molecule has 3 unspecified atom stereocenters. The minimum absolute atomic E-state index is 0.0605. The second-order valence-corrected chi connectivity index (χ2v) is 20.2. The zero-order valence-corrected chi connectivity index (χ0v) is 47.4. The summed E-state index contributed by atoms with van der Waals surface area (Å²) in [5, 5.41) is 9.79. The molecule has 0 aliphatic rings. The third-order valence-electron chi connectivity index (χ3n) is 11.7. The van der Waals surface area contributed by atoms with E-state index < -0.39 is 57.8 Å². The highest BCUT2D eigenvalue weighted by Gasteiger charge is 2.28. The number of aliphatic hydroxyl groups excluding tert-OH is 1. The number of carbonyl (C=O) groups is 3. The molecule has 12 heteroatoms. The Hall–Kier alpha value is -3.86. The lowest BCUT2D eigenvalue weighted by Crippen LogP contribution is -2.30. The minimum Gasteiger partial charge on any atom is -0.462 e. The predicted molar refractivity (Wildman–Crippen MR) is 307 cm³/mol. The van der Waals surface area contributed by atoms with Gasteiger partial charge in [0.15, 0.2) is 6.10 Å². The molecule has 0 saturated heterocycles. The monoisotopic (exact) mass is 1050 g/mol. The van der Waals surface area contributed by atoms with Gasteiger partial charge in [0.25, 0.3) is 0 Å². The van der Waals surface area contributed by atoms with Gasteiger partial charge in [-0.15, -0.1) is 0 Å². The van der Waals surface area contributed by atoms with Crippen LogP contribution in [-0.4, -0.2) is 66.5 Å². The predicted octanol–water partition coefficient (Wildman–Crippen LogP) is 17.0. The van der Waals surface area contributed by atoms with Crippen LogP contribution < -0.4 is 0 Å². The summed E-state index contributed by atoms with van der Waals surface area (Å²) in [6.45, 7) is 4.28. The molecule has 3 atom stereocenters. The van der Waals surface area contributed by atoms with E-state index in [4.69, 9.17) is 23.3 Å². The van der Waals surface area contributed by atoms with Crippen molar-refractivity contribution < 1.29 is 52.2 Å². The molecular weight excluding hydrogens is 952 g/mol. The highest BCUT2D eigenvalue weighted by Crippen LogP contribution is 2.43. The van der Waals surface area contributed by atoms with Crippen molar-refractivity contribution >= 4 is 25.7 Å². The molecule has 0 heterocycles. The number of aliphatic hydroxyl groups is 1. The molecule has 0 aromatic rings. The maximum atomic E-state index is 12.9. The third kappa shape index (κ3) is 53.0. The number of esters is 3. The Labute approximate surface area is 450 Å². The molecule has 0 amide bonds. The molecule has 0 aromatic carbocycles. The van der Waals surface area contributed by atoms with E-state index in [-0.39, 0.29) is 25.9 Å². The van der Waals surface area contributed by atoms with E-state index >= 15 is 0 Å². The third-order valence-corrected chi connectivity index (χ3v) is 12.6. The first kappa shape index (κ1) is 70.1. The van der Waals surface area contributed by atoms with Gasteiger partial charge in [-0.25, -0.2) is 4.57 Å². The molecule has 0 saturated carbocycles. The van der Waals surface area contributed by atoms with Crippen LogP contribution in [0.4, 0.5) is 0 Å². The number of unbranched alkanes of at least 4 members (excludes halogenated alkanes) is 18. The van der Waals surface area contributed by atoms with Crippen molar-refractivity contribution in [1.82, 2.24) is 0 Å². The zero-order valence-electron chi connectivity index (χ0n) is 46.5. The van der Waals surface area contributed by atoms with E-state index in [9.17, 15) is 28.9 Å². The highest BCUT2D eigenvalue weighted by atomic mass is 31.2. The molecule has 11 nitrogen and oxygen atoms in total. The lowest BCUT2D eigenvalue weighted by atomic mass is 10.1. The van der Waals surface area contributed by atoms with Crippen molar-refractivity contribution in [2.24, 2.45) is 0 Å². The number of allylic oxidation sites excluding steroid dienone is 17. The Morgan fingerprint density at radius 1 is 0.405 bits per heavy atom. The van der Waals surface area contributed by atoms with E-state index in [0.29, 0.717) is 19.3 Å². The van der Waals surface area contributed by atoms with Crippen molar-refractivity contribution in [2.45, 2.75) is 238 Å². The van der Waals surface area contributed by atoms with Crippen LogP contribution in [0.2, 0.25) is 0 Å². The molecule has 0 rings (SSSR count). The van der Waals surface area contributed by atoms with Crippen LogP contribution in [0.15, 0.2) is 109 Å². The number of phosphoric acid groups is 1. The van der Waals surface area contributed by atoms with Gasteiger partial charge in [-0.05, 0) is 103 Å². The maximum Gasteiger partial charge on any atom is 0.472 e. The van der Waals surface area contributed by atoms with Crippen molar-refractivity contribution in [3.05, 3.63) is 109 Å². The fourth-order valence-corrected chi connectivity index (χ4v) is 8.17. The Bertz CT molecular complexity index is 1660. The summed E-state index contributed by atoms with van der Waals surface area (Å²) in [4.78, 5) is 48.5. The maximum absolute atomic E-state index is 12.9. The molecule has 0 aromatic heterocycles. The summed E-state index contributed by atoms with van der Waals surface area (Å²) in [7, 11) is -4.78. The lowest BCUT2D eigenvalue weighted by molar-refractivity contribution is -0.161. The summed E-state index contributed by atoms with van der Waals surface area (Å²) < 4.78 is 39.4. The molecule has 0 radical (unpaired) electrons. The summed E-state index contributed by atoms with van der Waals surface area (Å²) in [6, 6.07) is 0. The van der Waals surface area contributed by atoms with E-state index in [1.807, 2.05) is 18.2 Å². The first-order valence-electron chi connectivity index (χ1n) is 28.8. The second-order valence-electron chi connectivity index (χ2n) is 18.7. The quantitative estimate of drug-likeness (QED) is 0.0197. The molecule has 422 valence electrons. The second kappa shape index (κ2) is 55.4. The van der Waals surface area contributed by atoms with Crippen LogP contribution in [0.25, 0.3) is 0 Å². The number of hydrogen-bond donors (Lipinski definition) is 2. The van der Waals surface area contributed by atoms with E-state index in [1.165, 1.54) is 38.5 Å². The van der Waals surface area contributed by atoms with Gasteiger partial charge in [0.2, 0.25) is 0 Å². The van der Waals surface area contributed by atoms with Gasteiger partial charge in [0, 0.05) is 12.8 Å². The number of rotatable bonds is 52. The molecule has 2 N–H and O–H groups in total. The molecule has 0 aliphatic heterocycles. The molecule has 0 spiro atoms. The van der Waals surface area contributed by atoms with Crippen LogP contribution in [0.1, 0.15) is 226 Å². The number of hydrogen-bond acceptors (Lipinski definition) is 10. The van der Waals surface area contributed by atoms with Crippen molar-refractivity contribution in [2.75, 3.05) is 26.4 Å². The molecule has 74 heavy (non-hydrogen) atoms. The van der Waals surface area contributed by atoms with Crippen molar-refractivity contribution in [1.29, 1.82) is 0 Å². The van der Waals surface area contributed by atoms with E-state index in [2.05, 4.69) is 106 Å². The normalized spacial score (nSPS) is 14.2. The Morgan fingerprint density at radius 2 is 0.757 bits per heavy atom. The van der Waals surface area contributed by atoms with Crippen molar-refractivity contribution in [3.8, 4) is 0 Å². The molecule has 0 fully saturated rings. The first-order valence-corrected chi connectivity index (χ1v) is 30.3. The summed E-state index contributed by atoms with van der Waals surface area (Å²) >= 11 is 0. The van der Waals surface area contributed by atoms with Gasteiger partial charge in [-0.1, -0.05) is 214 Å². The fourth-order valence-electron chi connectivity index (χ4n) is 7.38. The van der Waals surface area contributed by atoms with Gasteiger partial charge in [-0.2, -0.15) is 0 Å². The smallest absolute Gasteiger partial charge is 0.462 e. The van der Waals surface area contributed by atoms with E-state index in [1.54, 1.807) is 6.08 Å². The van der Waals surface area contributed by atoms with Crippen LogP contribution in [0.5, 0.6) is 0 Å². The van der Waals surface area contributed by atoms with Gasteiger partial charge >= 0.3 is 25.7 Å². The Morgan fingerprint density at radius 3 is 1.20 bits per heavy atom. The highest BCUT2D eigenvalue weighted by molar-refractivity contribution is 7.47. The average molecular weight is 1060 g/mol. The molecule has 0 aliphatic carbocycles. The van der Waals surface area contributed by atoms with Crippen LogP contribution in [0, 0.1) is 0 Å². The lowest BCUT2D eigenvalue weighted by Gasteiger charge is -2.21. The average Bonchev–Trinajstić information content (AvgIpc) is 3.39. The fraction of sp³-hybridized carbons (Fsp3) is 0.661. The summed E-state index contributed by atoms with van der Waals surface area (Å²) in [5.41, 5.74) is 0. The summed E-state index contributed by atoms with van der Waals surface area (Å²) in [5.74, 6) is -1.63.